The number of imide groups is 1. The van der Waals surface area contributed by atoms with Gasteiger partial charge in [-0.2, -0.15) is 0 Å². The second kappa shape index (κ2) is 7.95. The molecule has 0 aromatic heterocycles. The molecule has 3 amide bonds. The monoisotopic (exact) mass is 361 g/mol. The van der Waals surface area contributed by atoms with Crippen LogP contribution in [0.4, 0.5) is 4.79 Å². The molecule has 0 radical (unpaired) electrons. The van der Waals surface area contributed by atoms with Gasteiger partial charge in [0.05, 0.1) is 26.3 Å². The van der Waals surface area contributed by atoms with Crippen LogP contribution in [0.5, 0.6) is 11.5 Å². The third-order valence-corrected chi connectivity index (χ3v) is 5.30. The number of ether oxygens (including phenoxy) is 2. The summed E-state index contributed by atoms with van der Waals surface area (Å²) in [7, 11) is 3.20. The summed E-state index contributed by atoms with van der Waals surface area (Å²) < 4.78 is 10.7. The first-order chi connectivity index (χ1) is 12.6. The molecule has 0 aliphatic carbocycles. The Bertz CT molecular complexity index is 679. The standard InChI is InChI=1S/C19H27N3O4/c1-4-5-10-22-17-16(18(23)21-19(22)24)13(8-9-20-17)12-6-7-14(25-2)15(11-12)26-3/h6-7,11,13,16-17,20H,4-5,8-10H2,1-3H3,(H,21,23,24). The van der Waals surface area contributed by atoms with E-state index in [-0.39, 0.29) is 29.9 Å². The average Bonchev–Trinajstić information content (AvgIpc) is 2.66. The highest BCUT2D eigenvalue weighted by molar-refractivity contribution is 5.99. The maximum absolute atomic E-state index is 12.7. The number of carbonyl (C=O) groups is 2. The fourth-order valence-electron chi connectivity index (χ4n) is 3.96. The number of carbonyl (C=O) groups excluding carboxylic acids is 2. The van der Waals surface area contributed by atoms with E-state index in [1.165, 1.54) is 0 Å². The van der Waals surface area contributed by atoms with E-state index < -0.39 is 0 Å². The van der Waals surface area contributed by atoms with E-state index in [0.717, 1.165) is 31.4 Å². The van der Waals surface area contributed by atoms with Gasteiger partial charge in [-0.3, -0.25) is 15.4 Å². The summed E-state index contributed by atoms with van der Waals surface area (Å²) >= 11 is 0. The van der Waals surface area contributed by atoms with Crippen LogP contribution in [0, 0.1) is 5.92 Å². The van der Waals surface area contributed by atoms with Crippen molar-refractivity contribution in [3.8, 4) is 11.5 Å². The third-order valence-electron chi connectivity index (χ3n) is 5.30. The fourth-order valence-corrected chi connectivity index (χ4v) is 3.96. The predicted octanol–water partition coefficient (Wildman–Crippen LogP) is 2.07. The molecule has 0 bridgehead atoms. The molecule has 0 saturated carbocycles. The zero-order valence-electron chi connectivity index (χ0n) is 15.6. The van der Waals surface area contributed by atoms with Gasteiger partial charge in [-0.15, -0.1) is 0 Å². The van der Waals surface area contributed by atoms with Crippen LogP contribution >= 0.6 is 0 Å². The number of urea groups is 1. The van der Waals surface area contributed by atoms with Crippen molar-refractivity contribution in [2.75, 3.05) is 27.3 Å². The summed E-state index contributed by atoms with van der Waals surface area (Å²) in [6.07, 6.45) is 2.45. The Morgan fingerprint density at radius 1 is 1.19 bits per heavy atom. The molecule has 7 heteroatoms. The van der Waals surface area contributed by atoms with Gasteiger partial charge >= 0.3 is 6.03 Å². The molecule has 0 spiro atoms. The molecule has 142 valence electrons. The number of benzene rings is 1. The number of piperidine rings is 1. The lowest BCUT2D eigenvalue weighted by Gasteiger charge is -2.46. The van der Waals surface area contributed by atoms with Gasteiger partial charge in [0.25, 0.3) is 0 Å². The lowest BCUT2D eigenvalue weighted by Crippen LogP contribution is -2.68. The van der Waals surface area contributed by atoms with Crippen molar-refractivity contribution in [1.82, 2.24) is 15.5 Å². The number of fused-ring (bicyclic) bond motifs is 1. The van der Waals surface area contributed by atoms with Crippen LogP contribution in [0.25, 0.3) is 0 Å². The first-order valence-corrected chi connectivity index (χ1v) is 9.17. The minimum atomic E-state index is -0.323. The summed E-state index contributed by atoms with van der Waals surface area (Å²) in [6.45, 7) is 3.48. The van der Waals surface area contributed by atoms with Crippen molar-refractivity contribution in [1.29, 1.82) is 0 Å². The SMILES string of the molecule is CCCCN1C(=O)NC(=O)C2C(c3ccc(OC)c(OC)c3)CCNC21. The molecule has 26 heavy (non-hydrogen) atoms. The van der Waals surface area contributed by atoms with Gasteiger partial charge in [-0.05, 0) is 37.1 Å². The molecule has 2 heterocycles. The van der Waals surface area contributed by atoms with E-state index in [9.17, 15) is 9.59 Å². The number of nitrogens with zero attached hydrogens (tertiary/aromatic N) is 1. The molecule has 3 unspecified atom stereocenters. The van der Waals surface area contributed by atoms with Crippen molar-refractivity contribution in [3.05, 3.63) is 23.8 Å². The maximum atomic E-state index is 12.7. The van der Waals surface area contributed by atoms with Crippen LogP contribution in [0.1, 0.15) is 37.7 Å². The minimum absolute atomic E-state index is 0.0123. The maximum Gasteiger partial charge on any atom is 0.325 e. The van der Waals surface area contributed by atoms with E-state index in [2.05, 4.69) is 17.6 Å². The molecule has 1 aromatic rings. The number of nitrogens with one attached hydrogen (secondary N) is 2. The highest BCUT2D eigenvalue weighted by Gasteiger charge is 2.47. The second-order valence-electron chi connectivity index (χ2n) is 6.78. The third kappa shape index (κ3) is 3.35. The second-order valence-corrected chi connectivity index (χ2v) is 6.78. The number of hydrogen-bond donors (Lipinski definition) is 2. The molecule has 2 N–H and O–H groups in total. The van der Waals surface area contributed by atoms with Gasteiger partial charge in [-0.1, -0.05) is 19.4 Å². The van der Waals surface area contributed by atoms with Crippen LogP contribution in [0.15, 0.2) is 18.2 Å². The summed E-state index contributed by atoms with van der Waals surface area (Å²) in [5.41, 5.74) is 1.03. The number of unbranched alkanes of at least 4 members (excludes halogenated alkanes) is 1. The number of amides is 3. The molecule has 3 atom stereocenters. The largest absolute Gasteiger partial charge is 0.493 e. The van der Waals surface area contributed by atoms with Crippen LogP contribution in [0.3, 0.4) is 0 Å². The Hall–Kier alpha value is -2.28. The topological polar surface area (TPSA) is 79.9 Å². The summed E-state index contributed by atoms with van der Waals surface area (Å²) in [6, 6.07) is 5.48. The van der Waals surface area contributed by atoms with Crippen molar-refractivity contribution in [3.63, 3.8) is 0 Å². The van der Waals surface area contributed by atoms with Crippen LogP contribution < -0.4 is 20.1 Å². The molecule has 1 aromatic carbocycles. The highest BCUT2D eigenvalue weighted by Crippen LogP contribution is 2.39. The molecule has 7 nitrogen and oxygen atoms in total. The molecule has 2 aliphatic heterocycles. The number of methoxy groups -OCH3 is 2. The minimum Gasteiger partial charge on any atom is -0.493 e. The van der Waals surface area contributed by atoms with Crippen molar-refractivity contribution >= 4 is 11.9 Å². The molecule has 2 saturated heterocycles. The van der Waals surface area contributed by atoms with Crippen molar-refractivity contribution in [2.24, 2.45) is 5.92 Å². The fraction of sp³-hybridized carbons (Fsp3) is 0.579. The summed E-state index contributed by atoms with van der Waals surface area (Å²) in [4.78, 5) is 26.7. The van der Waals surface area contributed by atoms with Crippen LogP contribution in [-0.2, 0) is 4.79 Å². The smallest absolute Gasteiger partial charge is 0.325 e. The first kappa shape index (κ1) is 18.5. The number of hydrogen-bond acceptors (Lipinski definition) is 5. The van der Waals surface area contributed by atoms with E-state index in [0.29, 0.717) is 18.0 Å². The lowest BCUT2D eigenvalue weighted by molar-refractivity contribution is -0.131. The van der Waals surface area contributed by atoms with E-state index in [1.807, 2.05) is 18.2 Å². The summed E-state index contributed by atoms with van der Waals surface area (Å²) in [5.74, 6) is 0.791. The van der Waals surface area contributed by atoms with Gasteiger partial charge in [0.2, 0.25) is 5.91 Å². The first-order valence-electron chi connectivity index (χ1n) is 9.17. The van der Waals surface area contributed by atoms with E-state index in [4.69, 9.17) is 9.47 Å². The van der Waals surface area contributed by atoms with E-state index >= 15 is 0 Å². The van der Waals surface area contributed by atoms with Gasteiger partial charge in [0.1, 0.15) is 0 Å². The molecular formula is C19H27N3O4. The Labute approximate surface area is 154 Å². The highest BCUT2D eigenvalue weighted by atomic mass is 16.5. The van der Waals surface area contributed by atoms with E-state index in [1.54, 1.807) is 19.1 Å². The Morgan fingerprint density at radius 3 is 2.65 bits per heavy atom. The lowest BCUT2D eigenvalue weighted by atomic mass is 9.77. The van der Waals surface area contributed by atoms with Crippen molar-refractivity contribution < 1.29 is 19.1 Å². The van der Waals surface area contributed by atoms with Gasteiger partial charge in [0.15, 0.2) is 11.5 Å². The Kier molecular flexibility index (Phi) is 5.66. The van der Waals surface area contributed by atoms with Gasteiger partial charge < -0.3 is 14.4 Å². The molecule has 2 fully saturated rings. The quantitative estimate of drug-likeness (QED) is 0.811. The zero-order valence-corrected chi connectivity index (χ0v) is 15.6. The van der Waals surface area contributed by atoms with Gasteiger partial charge in [-0.25, -0.2) is 4.79 Å². The summed E-state index contributed by atoms with van der Waals surface area (Å²) in [5, 5.41) is 5.92. The normalized spacial score (nSPS) is 25.5. The average molecular weight is 361 g/mol. The van der Waals surface area contributed by atoms with Crippen LogP contribution in [-0.4, -0.2) is 50.3 Å². The molecular weight excluding hydrogens is 334 g/mol. The zero-order chi connectivity index (χ0) is 18.7. The molecule has 2 aliphatic rings. The molecule has 3 rings (SSSR count). The number of rotatable bonds is 6. The Balaban J connectivity index is 1.91. The Morgan fingerprint density at radius 2 is 1.96 bits per heavy atom. The van der Waals surface area contributed by atoms with Gasteiger partial charge in [0, 0.05) is 12.5 Å². The van der Waals surface area contributed by atoms with Crippen molar-refractivity contribution in [2.45, 2.75) is 38.3 Å². The van der Waals surface area contributed by atoms with Crippen LogP contribution in [0.2, 0.25) is 0 Å². The predicted molar refractivity (Wildman–Crippen MR) is 97.3 cm³/mol.